The molecule has 2 aromatic carbocycles. The molecule has 0 saturated heterocycles. The van der Waals surface area contributed by atoms with Crippen molar-refractivity contribution in [2.45, 2.75) is 218 Å². The molecule has 0 unspecified atom stereocenters. The van der Waals surface area contributed by atoms with Gasteiger partial charge in [0, 0.05) is 25.7 Å². The summed E-state index contributed by atoms with van der Waals surface area (Å²) in [5.74, 6) is -2.77. The van der Waals surface area contributed by atoms with Crippen LogP contribution < -0.4 is 8.55 Å². The molecule has 0 atom stereocenters. The number of aliphatic carboxylic acids is 2. The summed E-state index contributed by atoms with van der Waals surface area (Å²) in [7, 11) is 0. The summed E-state index contributed by atoms with van der Waals surface area (Å²) in [5.41, 5.74) is 1.76. The Hall–Kier alpha value is -5.44. The number of unbranched alkanes of at least 4 members (excludes halogenated alkanes) is 28. The van der Waals surface area contributed by atoms with Gasteiger partial charge in [-0.05, 0) is 25.7 Å². The second-order valence-corrected chi connectivity index (χ2v) is 31.1. The van der Waals surface area contributed by atoms with Crippen LogP contribution in [0.3, 0.4) is 0 Å². The van der Waals surface area contributed by atoms with Gasteiger partial charge < -0.3 is 86.0 Å². The minimum absolute atomic E-state index is 0.0588. The van der Waals surface area contributed by atoms with Crippen molar-refractivity contribution in [2.24, 2.45) is 0 Å². The topological polar surface area (TPSA) is 369 Å². The Morgan fingerprint density at radius 3 is 0.533 bits per heavy atom. The molecule has 0 aliphatic carbocycles. The van der Waals surface area contributed by atoms with Gasteiger partial charge in [-0.25, -0.2) is 0 Å². The summed E-state index contributed by atoms with van der Waals surface area (Å²) in [4.78, 5) is 70.3. The summed E-state index contributed by atoms with van der Waals surface area (Å²) in [6.07, 6.45) is 36.4. The van der Waals surface area contributed by atoms with Crippen LogP contribution in [-0.4, -0.2) is 299 Å². The first-order valence-electron chi connectivity index (χ1n) is 44.6. The van der Waals surface area contributed by atoms with Gasteiger partial charge >= 0.3 is 215 Å². The van der Waals surface area contributed by atoms with Gasteiger partial charge in [-0.1, -0.05) is 167 Å². The third-order valence-electron chi connectivity index (χ3n) is 18.4. The SMILES string of the molecule is O=C(O)CCCCCCCCCCCCCCCCCC(=O)OCCOCCOCCOCCOCCOCCOCCOCCOCCOC(=O)c1ccc([NH][Ge](=[O])[NH]c2ccc(C(=O)OCCOCCOCCOCCOCCOCCOCCOCCOCCOC(=O)CCCCCCCCCCCCCCCCCC(=O)O)cc2)cc1. The number of hydrogen-bond donors (Lipinski definition) is 4. The molecule has 4 N–H and O–H groups in total. The van der Waals surface area contributed by atoms with Gasteiger partial charge in [0.1, 0.15) is 13.2 Å². The Morgan fingerprint density at radius 2 is 0.358 bits per heavy atom. The fourth-order valence-corrected chi connectivity index (χ4v) is 13.7. The second kappa shape index (κ2) is 88.4. The molecule has 0 saturated carbocycles. The van der Waals surface area contributed by atoms with Gasteiger partial charge in [-0.3, -0.25) is 19.2 Å². The Balaban J connectivity index is 1.24. The van der Waals surface area contributed by atoms with Crippen molar-refractivity contribution in [3.05, 3.63) is 59.7 Å². The zero-order chi connectivity index (χ0) is 86.1. The molecule has 2 aromatic rings. The van der Waals surface area contributed by atoms with Crippen LogP contribution in [0.15, 0.2) is 48.5 Å². The van der Waals surface area contributed by atoms with E-state index in [2.05, 4.69) is 8.55 Å². The number of rotatable bonds is 96. The molecule has 32 heteroatoms. The van der Waals surface area contributed by atoms with E-state index < -0.39 is 38.6 Å². The van der Waals surface area contributed by atoms with Gasteiger partial charge in [0.15, 0.2) is 0 Å². The maximum absolute atomic E-state index is 12.9. The first-order chi connectivity index (χ1) is 59.0. The van der Waals surface area contributed by atoms with E-state index in [9.17, 15) is 32.5 Å². The number of benzene rings is 2. The summed E-state index contributed by atoms with van der Waals surface area (Å²) in [6.45, 7) is 13.3. The minimum atomic E-state index is -3.27. The van der Waals surface area contributed by atoms with E-state index in [1.165, 1.54) is 116 Å². The van der Waals surface area contributed by atoms with Crippen molar-refractivity contribution in [1.29, 1.82) is 0 Å². The van der Waals surface area contributed by atoms with Gasteiger partial charge in [-0.2, -0.15) is 0 Å². The number of anilines is 2. The molecule has 0 spiro atoms. The van der Waals surface area contributed by atoms with E-state index in [4.69, 9.17) is 105 Å². The quantitative estimate of drug-likeness (QED) is 0.0207. The zero-order valence-corrected chi connectivity index (χ0v) is 74.6. The van der Waals surface area contributed by atoms with Crippen LogP contribution in [0.5, 0.6) is 0 Å². The van der Waals surface area contributed by atoms with Crippen LogP contribution in [0.25, 0.3) is 0 Å². The molecule has 0 amide bonds. The maximum atomic E-state index is 12.9. The number of carboxylic acid groups (broad SMARTS) is 2. The fourth-order valence-electron chi connectivity index (χ4n) is 11.8. The second-order valence-electron chi connectivity index (χ2n) is 28.6. The third kappa shape index (κ3) is 79.7. The van der Waals surface area contributed by atoms with Crippen molar-refractivity contribution >= 4 is 61.9 Å². The molecule has 2 rings (SSSR count). The number of nitrogens with one attached hydrogen (secondary N) is 2. The summed E-state index contributed by atoms with van der Waals surface area (Å²) in [5, 5.41) is 17.4. The van der Waals surface area contributed by atoms with Crippen LogP contribution in [0.4, 0.5) is 11.4 Å². The molecule has 0 fully saturated rings. The summed E-state index contributed by atoms with van der Waals surface area (Å²) in [6, 6.07) is 12.8. The van der Waals surface area contributed by atoms with Gasteiger partial charge in [0.25, 0.3) is 0 Å². The van der Waals surface area contributed by atoms with E-state index in [0.29, 0.717) is 246 Å². The molecule has 0 bridgehead atoms. The predicted molar refractivity (Wildman–Crippen MR) is 454 cm³/mol. The molecule has 692 valence electrons. The van der Waals surface area contributed by atoms with Crippen LogP contribution in [0.2, 0.25) is 0 Å². The van der Waals surface area contributed by atoms with E-state index >= 15 is 0 Å². The molecule has 31 nitrogen and oxygen atoms in total. The van der Waals surface area contributed by atoms with E-state index in [0.717, 1.165) is 77.0 Å². The first kappa shape index (κ1) is 111. The van der Waals surface area contributed by atoms with Gasteiger partial charge in [-0.15, -0.1) is 0 Å². The average molecular weight is 1770 g/mol. The van der Waals surface area contributed by atoms with Crippen molar-refractivity contribution in [2.75, 3.05) is 246 Å². The molecule has 0 aromatic heterocycles. The van der Waals surface area contributed by atoms with E-state index in [1.807, 2.05) is 0 Å². The Bertz CT molecular complexity index is 2500. The molecule has 0 aliphatic heterocycles. The molecule has 0 heterocycles. The number of hydrogen-bond acceptors (Lipinski definition) is 27. The van der Waals surface area contributed by atoms with Crippen molar-refractivity contribution < 1.29 is 137 Å². The van der Waals surface area contributed by atoms with Crippen molar-refractivity contribution in [3.8, 4) is 0 Å². The number of ether oxygens (including phenoxy) is 20. The summed E-state index contributed by atoms with van der Waals surface area (Å²) >= 11 is -3.27. The predicted octanol–water partition coefficient (Wildman–Crippen LogP) is 13.7. The molecule has 0 aliphatic rings. The number of carboxylic acids is 2. The van der Waals surface area contributed by atoms with Crippen molar-refractivity contribution in [1.82, 2.24) is 0 Å². The Kier molecular flexibility index (Phi) is 81.5. The van der Waals surface area contributed by atoms with Crippen LogP contribution >= 0.6 is 0 Å². The zero-order valence-electron chi connectivity index (χ0n) is 72.5. The number of esters is 4. The third-order valence-corrected chi connectivity index (χ3v) is 20.6. The van der Waals surface area contributed by atoms with E-state index in [-0.39, 0.29) is 51.6 Å². The molecular formula is C88H152GeN2O29. The first-order valence-corrected chi connectivity index (χ1v) is 47.6. The van der Waals surface area contributed by atoms with Gasteiger partial charge in [0.05, 0.1) is 172 Å². The standard InChI is InChI=1S/C88H152GeN2O29/c92-83(93)31-27-23-19-15-11-7-3-1-5-9-13-17-21-25-29-33-85(96)117-75-71-113-67-63-109-59-55-105-51-47-101-43-45-103-49-53-107-57-61-111-65-69-115-73-77-119-87(98)79-35-39-81(40-36-79)90-89(100)91-82-41-37-80(38-42-82)88(99)120-78-74-116-70-66-112-62-58-108-54-50-104-46-44-102-48-52-106-56-60-110-64-68-114-72-76-118-86(97)34-30-26-22-18-14-10-6-2-4-8-12-16-20-24-28-32-84(94)95/h35-42,90-91H,1-34,43-78H2,(H,92,93)(H,94,95). The average Bonchev–Trinajstić information content (AvgIpc) is 0.869. The van der Waals surface area contributed by atoms with Crippen LogP contribution in [0.1, 0.15) is 239 Å². The summed E-state index contributed by atoms with van der Waals surface area (Å²) < 4.78 is 128. The van der Waals surface area contributed by atoms with Gasteiger partial charge in [0.2, 0.25) is 0 Å². The monoisotopic (exact) mass is 1770 g/mol. The Morgan fingerprint density at radius 1 is 0.208 bits per heavy atom. The normalized spacial score (nSPS) is 11.3. The van der Waals surface area contributed by atoms with Crippen LogP contribution in [0, 0.1) is 0 Å². The van der Waals surface area contributed by atoms with Crippen LogP contribution in [-0.2, 0) is 118 Å². The van der Waals surface area contributed by atoms with Crippen molar-refractivity contribution in [3.63, 3.8) is 0 Å². The fraction of sp³-hybridized carbons (Fsp3) is 0.795. The van der Waals surface area contributed by atoms with E-state index in [1.54, 1.807) is 48.5 Å². The Labute approximate surface area is 720 Å². The number of carbonyl (C=O) groups excluding carboxylic acids is 4. The molecule has 120 heavy (non-hydrogen) atoms. The number of carbonyl (C=O) groups is 6. The molecular weight excluding hydrogens is 1620 g/mol. The molecule has 0 radical (unpaired) electrons.